The van der Waals surface area contributed by atoms with Crippen molar-refractivity contribution in [3.8, 4) is 0 Å². The molecule has 6 heteroatoms. The molecule has 1 heterocycles. The summed E-state index contributed by atoms with van der Waals surface area (Å²) in [6.07, 6.45) is 0. The lowest BCUT2D eigenvalue weighted by Crippen LogP contribution is -2.16. The number of hydrogen-bond donors (Lipinski definition) is 2. The summed E-state index contributed by atoms with van der Waals surface area (Å²) < 4.78 is 0.865. The van der Waals surface area contributed by atoms with Crippen molar-refractivity contribution in [2.24, 2.45) is 0 Å². The topological polar surface area (TPSA) is 74.8 Å². The molecule has 0 spiro atoms. The number of anilines is 1. The highest BCUT2D eigenvalue weighted by Gasteiger charge is 2.11. The zero-order valence-corrected chi connectivity index (χ0v) is 11.1. The van der Waals surface area contributed by atoms with Crippen LogP contribution in [0.4, 0.5) is 5.82 Å². The quantitative estimate of drug-likeness (QED) is 0.892. The molecule has 1 aromatic carbocycles. The van der Waals surface area contributed by atoms with Crippen LogP contribution in [-0.2, 0) is 0 Å². The van der Waals surface area contributed by atoms with Gasteiger partial charge >= 0.3 is 0 Å². The van der Waals surface area contributed by atoms with E-state index in [0.29, 0.717) is 11.4 Å². The van der Waals surface area contributed by atoms with Crippen LogP contribution in [0, 0.1) is 6.92 Å². The molecule has 2 aromatic rings. The maximum atomic E-state index is 12.0. The lowest BCUT2D eigenvalue weighted by atomic mass is 10.1. The number of nitrogens with zero attached hydrogens (tertiary/aromatic N) is 1. The minimum Gasteiger partial charge on any atom is -0.305 e. The van der Waals surface area contributed by atoms with Gasteiger partial charge in [0.2, 0.25) is 0 Å². The molecule has 1 amide bonds. The van der Waals surface area contributed by atoms with Crippen LogP contribution in [-0.4, -0.2) is 16.1 Å². The van der Waals surface area contributed by atoms with E-state index in [4.69, 9.17) is 0 Å². The van der Waals surface area contributed by atoms with Crippen molar-refractivity contribution in [2.45, 2.75) is 6.92 Å². The zero-order chi connectivity index (χ0) is 13.1. The Bertz CT molecular complexity index is 632. The van der Waals surface area contributed by atoms with Gasteiger partial charge in [0.25, 0.3) is 11.5 Å². The number of amides is 1. The van der Waals surface area contributed by atoms with E-state index >= 15 is 0 Å². The van der Waals surface area contributed by atoms with Crippen LogP contribution in [0.2, 0.25) is 0 Å². The van der Waals surface area contributed by atoms with Crippen LogP contribution in [0.25, 0.3) is 0 Å². The molecule has 0 bridgehead atoms. The largest absolute Gasteiger partial charge is 0.305 e. The van der Waals surface area contributed by atoms with Crippen molar-refractivity contribution in [1.29, 1.82) is 0 Å². The van der Waals surface area contributed by atoms with Gasteiger partial charge in [0.05, 0.1) is 0 Å². The fourth-order valence-corrected chi connectivity index (χ4v) is 1.82. The first-order valence-electron chi connectivity index (χ1n) is 5.20. The maximum absolute atomic E-state index is 12.0. The van der Waals surface area contributed by atoms with Gasteiger partial charge in [-0.2, -0.15) is 5.10 Å². The molecule has 0 aliphatic heterocycles. The van der Waals surface area contributed by atoms with Gasteiger partial charge in [-0.15, -0.1) is 0 Å². The smallest absolute Gasteiger partial charge is 0.264 e. The predicted molar refractivity (Wildman–Crippen MR) is 71.7 cm³/mol. The minimum atomic E-state index is -0.313. The number of H-pyrrole nitrogens is 1. The standard InChI is InChI=1S/C12H10BrN3O2/c1-7-8(3-2-4-9(7)13)12(18)14-10-5-6-11(17)16-15-10/h2-6H,1H3,(H,16,17)(H,14,15,18). The van der Waals surface area contributed by atoms with Gasteiger partial charge in [0.15, 0.2) is 5.82 Å². The second kappa shape index (κ2) is 5.14. The van der Waals surface area contributed by atoms with Crippen molar-refractivity contribution in [2.75, 3.05) is 5.32 Å². The van der Waals surface area contributed by atoms with Gasteiger partial charge in [-0.3, -0.25) is 9.59 Å². The lowest BCUT2D eigenvalue weighted by molar-refractivity contribution is 0.102. The Morgan fingerprint density at radius 2 is 2.11 bits per heavy atom. The van der Waals surface area contributed by atoms with Gasteiger partial charge in [-0.25, -0.2) is 5.10 Å². The molecule has 92 valence electrons. The van der Waals surface area contributed by atoms with Gasteiger partial charge < -0.3 is 5.32 Å². The Morgan fingerprint density at radius 3 is 2.78 bits per heavy atom. The Kier molecular flexibility index (Phi) is 3.57. The van der Waals surface area contributed by atoms with Crippen LogP contribution in [0.5, 0.6) is 0 Å². The monoisotopic (exact) mass is 307 g/mol. The van der Waals surface area contributed by atoms with Crippen molar-refractivity contribution in [1.82, 2.24) is 10.2 Å². The van der Waals surface area contributed by atoms with E-state index in [1.807, 2.05) is 13.0 Å². The summed E-state index contributed by atoms with van der Waals surface area (Å²) in [6, 6.07) is 8.12. The lowest BCUT2D eigenvalue weighted by Gasteiger charge is -2.07. The molecule has 0 radical (unpaired) electrons. The van der Waals surface area contributed by atoms with Crippen molar-refractivity contribution in [3.63, 3.8) is 0 Å². The van der Waals surface area contributed by atoms with Crippen LogP contribution in [0.15, 0.2) is 39.6 Å². The number of hydrogen-bond acceptors (Lipinski definition) is 3. The van der Waals surface area contributed by atoms with E-state index < -0.39 is 0 Å². The third-order valence-corrected chi connectivity index (χ3v) is 3.29. The fraction of sp³-hybridized carbons (Fsp3) is 0.0833. The summed E-state index contributed by atoms with van der Waals surface area (Å²) in [5.41, 5.74) is 1.09. The molecule has 0 aliphatic carbocycles. The molecule has 1 aromatic heterocycles. The maximum Gasteiger partial charge on any atom is 0.264 e. The number of benzene rings is 1. The first kappa shape index (κ1) is 12.5. The average Bonchev–Trinajstić information content (AvgIpc) is 2.35. The van der Waals surface area contributed by atoms with Gasteiger partial charge in [-0.05, 0) is 30.7 Å². The molecular weight excluding hydrogens is 298 g/mol. The normalized spacial score (nSPS) is 10.1. The van der Waals surface area contributed by atoms with E-state index in [9.17, 15) is 9.59 Å². The molecule has 0 fully saturated rings. The fourth-order valence-electron chi connectivity index (χ4n) is 1.45. The van der Waals surface area contributed by atoms with Crippen molar-refractivity contribution < 1.29 is 4.79 Å². The number of carbonyl (C=O) groups excluding carboxylic acids is 1. The second-order valence-electron chi connectivity index (χ2n) is 3.67. The number of aromatic nitrogens is 2. The molecule has 5 nitrogen and oxygen atoms in total. The molecule has 2 rings (SSSR count). The second-order valence-corrected chi connectivity index (χ2v) is 4.53. The first-order valence-corrected chi connectivity index (χ1v) is 5.99. The number of nitrogens with one attached hydrogen (secondary N) is 2. The van der Waals surface area contributed by atoms with Gasteiger partial charge in [0.1, 0.15) is 0 Å². The summed E-state index contributed by atoms with van der Waals surface area (Å²) in [4.78, 5) is 22.8. The van der Waals surface area contributed by atoms with E-state index in [1.54, 1.807) is 12.1 Å². The first-order chi connectivity index (χ1) is 8.58. The predicted octanol–water partition coefficient (Wildman–Crippen LogP) is 2.09. The Morgan fingerprint density at radius 1 is 1.33 bits per heavy atom. The van der Waals surface area contributed by atoms with Crippen LogP contribution >= 0.6 is 15.9 Å². The van der Waals surface area contributed by atoms with Crippen molar-refractivity contribution in [3.05, 3.63) is 56.3 Å². The molecule has 0 aliphatic rings. The number of rotatable bonds is 2. The summed E-state index contributed by atoms with van der Waals surface area (Å²) in [5, 5.41) is 8.58. The molecule has 0 atom stereocenters. The van der Waals surface area contributed by atoms with E-state index in [-0.39, 0.29) is 11.5 Å². The summed E-state index contributed by atoms with van der Waals surface area (Å²) in [5.74, 6) is 0.0346. The highest BCUT2D eigenvalue weighted by molar-refractivity contribution is 9.10. The molecule has 0 saturated heterocycles. The van der Waals surface area contributed by atoms with Gasteiger partial charge in [0, 0.05) is 16.1 Å². The molecule has 0 saturated carbocycles. The highest BCUT2D eigenvalue weighted by atomic mass is 79.9. The third-order valence-electron chi connectivity index (χ3n) is 2.43. The van der Waals surface area contributed by atoms with Crippen LogP contribution in [0.3, 0.4) is 0 Å². The van der Waals surface area contributed by atoms with E-state index in [1.165, 1.54) is 12.1 Å². The van der Waals surface area contributed by atoms with Crippen LogP contribution in [0.1, 0.15) is 15.9 Å². The molecule has 0 unspecified atom stereocenters. The Balaban J connectivity index is 2.24. The molecule has 18 heavy (non-hydrogen) atoms. The Labute approximate surface area is 111 Å². The van der Waals surface area contributed by atoms with E-state index in [2.05, 4.69) is 31.4 Å². The summed E-state index contributed by atoms with van der Waals surface area (Å²) in [7, 11) is 0. The summed E-state index contributed by atoms with van der Waals surface area (Å²) >= 11 is 3.37. The Hall–Kier alpha value is -1.95. The SMILES string of the molecule is Cc1c(Br)cccc1C(=O)Nc1ccc(=O)[nH]n1. The highest BCUT2D eigenvalue weighted by Crippen LogP contribution is 2.19. The number of aromatic amines is 1. The molecular formula is C12H10BrN3O2. The zero-order valence-electron chi connectivity index (χ0n) is 9.53. The van der Waals surface area contributed by atoms with Crippen LogP contribution < -0.4 is 10.9 Å². The summed E-state index contributed by atoms with van der Waals surface area (Å²) in [6.45, 7) is 1.85. The number of halogens is 1. The third kappa shape index (κ3) is 2.65. The average molecular weight is 308 g/mol. The molecule has 2 N–H and O–H groups in total. The number of carbonyl (C=O) groups is 1. The minimum absolute atomic E-state index is 0.270. The van der Waals surface area contributed by atoms with Crippen molar-refractivity contribution >= 4 is 27.7 Å². The van der Waals surface area contributed by atoms with E-state index in [0.717, 1.165) is 10.0 Å². The van der Waals surface area contributed by atoms with Gasteiger partial charge in [-0.1, -0.05) is 22.0 Å².